The fourth-order valence-electron chi connectivity index (χ4n) is 2.20. The zero-order chi connectivity index (χ0) is 14.7. The van der Waals surface area contributed by atoms with E-state index in [4.69, 9.17) is 4.74 Å². The third kappa shape index (κ3) is 2.99. The van der Waals surface area contributed by atoms with Gasteiger partial charge in [0.05, 0.1) is 24.0 Å². The quantitative estimate of drug-likeness (QED) is 0.908. The van der Waals surface area contributed by atoms with Crippen molar-refractivity contribution in [2.75, 3.05) is 18.1 Å². The third-order valence-electron chi connectivity index (χ3n) is 3.19. The molecule has 5 heteroatoms. The zero-order valence-corrected chi connectivity index (χ0v) is 12.1. The molecule has 1 unspecified atom stereocenters. The van der Waals surface area contributed by atoms with Gasteiger partial charge in [-0.25, -0.2) is 0 Å². The standard InChI is InChI=1S/C15H20N2O3/c1-10(2)20-9-8-17-13-7-5-4-6-12(13)14(18)16-11(3)15(17)19/h4-7,10-11H,8-9H2,1-3H3,(H,16,18). The van der Waals surface area contributed by atoms with Gasteiger partial charge in [-0.1, -0.05) is 12.1 Å². The fourth-order valence-corrected chi connectivity index (χ4v) is 2.20. The second-order valence-electron chi connectivity index (χ2n) is 5.12. The van der Waals surface area contributed by atoms with E-state index in [0.717, 1.165) is 0 Å². The minimum Gasteiger partial charge on any atom is -0.377 e. The van der Waals surface area contributed by atoms with E-state index in [9.17, 15) is 9.59 Å². The minimum absolute atomic E-state index is 0.115. The summed E-state index contributed by atoms with van der Waals surface area (Å²) in [5.41, 5.74) is 1.17. The van der Waals surface area contributed by atoms with Crippen LogP contribution in [0.4, 0.5) is 5.69 Å². The van der Waals surface area contributed by atoms with Crippen LogP contribution in [0.3, 0.4) is 0 Å². The Hall–Kier alpha value is -1.88. The van der Waals surface area contributed by atoms with Gasteiger partial charge in [0.25, 0.3) is 5.91 Å². The molecule has 1 aromatic rings. The predicted molar refractivity (Wildman–Crippen MR) is 76.8 cm³/mol. The summed E-state index contributed by atoms with van der Waals surface area (Å²) in [5.74, 6) is -0.329. The van der Waals surface area contributed by atoms with Crippen LogP contribution in [0, 0.1) is 0 Å². The van der Waals surface area contributed by atoms with Gasteiger partial charge < -0.3 is 15.0 Å². The van der Waals surface area contributed by atoms with Crippen LogP contribution < -0.4 is 10.2 Å². The molecule has 108 valence electrons. The summed E-state index contributed by atoms with van der Waals surface area (Å²) in [6.45, 7) is 6.48. The second kappa shape index (κ2) is 6.05. The number of amides is 2. The van der Waals surface area contributed by atoms with Gasteiger partial charge in [0.1, 0.15) is 6.04 Å². The molecule has 0 aliphatic carbocycles. The van der Waals surface area contributed by atoms with Crippen LogP contribution in [0.5, 0.6) is 0 Å². The van der Waals surface area contributed by atoms with E-state index in [2.05, 4.69) is 5.32 Å². The van der Waals surface area contributed by atoms with E-state index >= 15 is 0 Å². The number of nitrogens with one attached hydrogen (secondary N) is 1. The summed E-state index contributed by atoms with van der Waals surface area (Å²) in [7, 11) is 0. The minimum atomic E-state index is -0.533. The molecule has 0 bridgehead atoms. The highest BCUT2D eigenvalue weighted by molar-refractivity contribution is 6.10. The van der Waals surface area contributed by atoms with Gasteiger partial charge in [-0.2, -0.15) is 0 Å². The lowest BCUT2D eigenvalue weighted by Crippen LogP contribution is -2.45. The smallest absolute Gasteiger partial charge is 0.254 e. The van der Waals surface area contributed by atoms with Crippen molar-refractivity contribution in [2.45, 2.75) is 32.9 Å². The summed E-state index contributed by atoms with van der Waals surface area (Å²) in [5, 5.41) is 2.71. The number of carbonyl (C=O) groups excluding carboxylic acids is 2. The number of hydrogen-bond donors (Lipinski definition) is 1. The molecule has 2 rings (SSSR count). The van der Waals surface area contributed by atoms with Gasteiger partial charge in [-0.15, -0.1) is 0 Å². The fraction of sp³-hybridized carbons (Fsp3) is 0.467. The van der Waals surface area contributed by atoms with Gasteiger partial charge in [0, 0.05) is 6.54 Å². The number of rotatable bonds is 4. The molecule has 0 saturated heterocycles. The number of fused-ring (bicyclic) bond motifs is 1. The molecular formula is C15H20N2O3. The normalized spacial score (nSPS) is 18.8. The number of para-hydroxylation sites is 1. The van der Waals surface area contributed by atoms with Crippen molar-refractivity contribution < 1.29 is 14.3 Å². The molecule has 2 amide bonds. The second-order valence-corrected chi connectivity index (χ2v) is 5.12. The van der Waals surface area contributed by atoms with Crippen LogP contribution in [0.15, 0.2) is 24.3 Å². The molecule has 20 heavy (non-hydrogen) atoms. The molecule has 1 heterocycles. The van der Waals surface area contributed by atoms with Crippen LogP contribution in [0.25, 0.3) is 0 Å². The molecular weight excluding hydrogens is 256 g/mol. The van der Waals surface area contributed by atoms with E-state index in [1.165, 1.54) is 0 Å². The molecule has 5 nitrogen and oxygen atoms in total. The van der Waals surface area contributed by atoms with Crippen molar-refractivity contribution in [3.05, 3.63) is 29.8 Å². The predicted octanol–water partition coefficient (Wildman–Crippen LogP) is 1.58. The van der Waals surface area contributed by atoms with E-state index in [-0.39, 0.29) is 17.9 Å². The molecule has 0 aromatic heterocycles. The average Bonchev–Trinajstić information content (AvgIpc) is 2.50. The van der Waals surface area contributed by atoms with Gasteiger partial charge in [-0.05, 0) is 32.9 Å². The van der Waals surface area contributed by atoms with Crippen molar-refractivity contribution in [3.63, 3.8) is 0 Å². The molecule has 1 N–H and O–H groups in total. The molecule has 0 saturated carbocycles. The van der Waals surface area contributed by atoms with Crippen molar-refractivity contribution >= 4 is 17.5 Å². The Morgan fingerprint density at radius 2 is 2.00 bits per heavy atom. The molecule has 0 radical (unpaired) electrons. The number of benzene rings is 1. The maximum absolute atomic E-state index is 12.4. The maximum Gasteiger partial charge on any atom is 0.254 e. The first kappa shape index (κ1) is 14.5. The third-order valence-corrected chi connectivity index (χ3v) is 3.19. The van der Waals surface area contributed by atoms with E-state index in [0.29, 0.717) is 24.4 Å². The summed E-state index contributed by atoms with van der Waals surface area (Å²) in [6, 6.07) is 6.61. The molecule has 1 atom stereocenters. The zero-order valence-electron chi connectivity index (χ0n) is 12.1. The summed E-state index contributed by atoms with van der Waals surface area (Å²) in [4.78, 5) is 26.1. The Morgan fingerprint density at radius 1 is 1.30 bits per heavy atom. The summed E-state index contributed by atoms with van der Waals surface area (Å²) in [6.07, 6.45) is 0.115. The number of anilines is 1. The Kier molecular flexibility index (Phi) is 4.39. The number of ether oxygens (including phenoxy) is 1. The van der Waals surface area contributed by atoms with E-state index in [1.54, 1.807) is 30.0 Å². The Labute approximate surface area is 118 Å². The first-order valence-corrected chi connectivity index (χ1v) is 6.83. The van der Waals surface area contributed by atoms with Crippen LogP contribution >= 0.6 is 0 Å². The van der Waals surface area contributed by atoms with Crippen molar-refractivity contribution in [3.8, 4) is 0 Å². The van der Waals surface area contributed by atoms with Crippen LogP contribution in [0.1, 0.15) is 31.1 Å². The van der Waals surface area contributed by atoms with E-state index < -0.39 is 6.04 Å². The van der Waals surface area contributed by atoms with Crippen molar-refractivity contribution in [1.82, 2.24) is 5.32 Å². The number of nitrogens with zero attached hydrogens (tertiary/aromatic N) is 1. The Morgan fingerprint density at radius 3 is 2.70 bits per heavy atom. The molecule has 0 spiro atoms. The van der Waals surface area contributed by atoms with Gasteiger partial charge >= 0.3 is 0 Å². The van der Waals surface area contributed by atoms with Crippen LogP contribution in [-0.2, 0) is 9.53 Å². The van der Waals surface area contributed by atoms with Gasteiger partial charge in [0.2, 0.25) is 5.91 Å². The lowest BCUT2D eigenvalue weighted by atomic mass is 10.1. The maximum atomic E-state index is 12.4. The highest BCUT2D eigenvalue weighted by atomic mass is 16.5. The van der Waals surface area contributed by atoms with Crippen LogP contribution in [-0.4, -0.2) is 37.1 Å². The molecule has 1 aliphatic heterocycles. The first-order valence-electron chi connectivity index (χ1n) is 6.83. The lowest BCUT2D eigenvalue weighted by Gasteiger charge is -2.24. The van der Waals surface area contributed by atoms with Crippen molar-refractivity contribution in [1.29, 1.82) is 0 Å². The van der Waals surface area contributed by atoms with E-state index in [1.807, 2.05) is 19.9 Å². The average molecular weight is 276 g/mol. The highest BCUT2D eigenvalue weighted by Gasteiger charge is 2.30. The largest absolute Gasteiger partial charge is 0.377 e. The van der Waals surface area contributed by atoms with Crippen molar-refractivity contribution in [2.24, 2.45) is 0 Å². The highest BCUT2D eigenvalue weighted by Crippen LogP contribution is 2.23. The topological polar surface area (TPSA) is 58.6 Å². The first-order chi connectivity index (χ1) is 9.50. The van der Waals surface area contributed by atoms with Gasteiger partial charge in [0.15, 0.2) is 0 Å². The van der Waals surface area contributed by atoms with Crippen LogP contribution in [0.2, 0.25) is 0 Å². The number of hydrogen-bond acceptors (Lipinski definition) is 3. The monoisotopic (exact) mass is 276 g/mol. The summed E-state index contributed by atoms with van der Waals surface area (Å²) < 4.78 is 5.51. The molecule has 0 fully saturated rings. The lowest BCUT2D eigenvalue weighted by molar-refractivity contribution is -0.120. The summed E-state index contributed by atoms with van der Waals surface area (Å²) >= 11 is 0. The molecule has 1 aliphatic rings. The Bertz CT molecular complexity index is 514. The number of carbonyl (C=O) groups is 2. The Balaban J connectivity index is 2.28. The molecule has 1 aromatic carbocycles. The SMILES string of the molecule is CC(C)OCCN1C(=O)C(C)NC(=O)c2ccccc21. The van der Waals surface area contributed by atoms with Gasteiger partial charge in [-0.3, -0.25) is 9.59 Å².